The molecule has 14 nitrogen and oxygen atoms in total. The number of amides is 2. The molecule has 0 N–H and O–H groups in total. The smallest absolute Gasteiger partial charge is 0.356 e. The fourth-order valence-corrected chi connectivity index (χ4v) is 9.58. The number of halogens is 4. The first kappa shape index (κ1) is 49.2. The summed E-state index contributed by atoms with van der Waals surface area (Å²) in [5.74, 6) is -1.71. The van der Waals surface area contributed by atoms with Crippen LogP contribution in [0.25, 0.3) is 0 Å². The summed E-state index contributed by atoms with van der Waals surface area (Å²) in [5.41, 5.74) is 4.33. The molecule has 0 radical (unpaired) electrons. The average Bonchev–Trinajstić information content (AvgIpc) is 3.34. The second kappa shape index (κ2) is 23.4. The Labute approximate surface area is 416 Å². The van der Waals surface area contributed by atoms with Gasteiger partial charge < -0.3 is 28.9 Å². The van der Waals surface area contributed by atoms with E-state index in [0.717, 1.165) is 136 Å². The number of unbranched alkanes of at least 4 members (excludes halogenated alkanes) is 2. The number of carbonyl (C=O) groups excluding carboxylic acids is 4. The number of hydroxylamine groups is 2. The lowest BCUT2D eigenvalue weighted by atomic mass is 10.0. The maximum absolute atomic E-state index is 13.0. The molecule has 2 fully saturated rings. The van der Waals surface area contributed by atoms with E-state index in [9.17, 15) is 19.2 Å². The molecule has 0 atom stereocenters. The van der Waals surface area contributed by atoms with Crippen LogP contribution in [-0.2, 0) is 41.7 Å². The van der Waals surface area contributed by atoms with Gasteiger partial charge in [0.2, 0.25) is 0 Å². The van der Waals surface area contributed by atoms with Crippen molar-refractivity contribution >= 4 is 92.9 Å². The van der Waals surface area contributed by atoms with Crippen molar-refractivity contribution < 1.29 is 38.3 Å². The zero-order valence-corrected chi connectivity index (χ0v) is 40.7. The van der Waals surface area contributed by atoms with Gasteiger partial charge in [-0.15, -0.1) is 10.1 Å². The van der Waals surface area contributed by atoms with E-state index in [1.807, 2.05) is 48.5 Å². The van der Waals surface area contributed by atoms with E-state index in [-0.39, 0.29) is 12.8 Å². The van der Waals surface area contributed by atoms with Crippen LogP contribution in [-0.4, -0.2) is 112 Å². The SMILES string of the molecule is O=C(/C=C/C(=O)ON1C(=O)CCc2ccc(OCCCCN3CCN(c4cccc(Cl)c4Cl)CC3)cc21)ON1C(=O)CCc2ccc(OCCCCN3CCN(c4cccc(Cl)c4Cl)CC3)cc21. The predicted octanol–water partition coefficient (Wildman–Crippen LogP) is 8.99. The molecule has 68 heavy (non-hydrogen) atoms. The minimum Gasteiger partial charge on any atom is -0.494 e. The summed E-state index contributed by atoms with van der Waals surface area (Å²) in [4.78, 5) is 72.3. The molecule has 2 amide bonds. The summed E-state index contributed by atoms with van der Waals surface area (Å²) in [5, 5.41) is 4.17. The lowest BCUT2D eigenvalue weighted by Crippen LogP contribution is -2.46. The molecule has 18 heteroatoms. The molecule has 360 valence electrons. The van der Waals surface area contributed by atoms with Gasteiger partial charge in [-0.05, 0) is 99.1 Å². The van der Waals surface area contributed by atoms with Crippen LogP contribution in [0.5, 0.6) is 11.5 Å². The summed E-state index contributed by atoms with van der Waals surface area (Å²) < 4.78 is 12.1. The maximum Gasteiger partial charge on any atom is 0.356 e. The van der Waals surface area contributed by atoms with Gasteiger partial charge in [-0.3, -0.25) is 19.4 Å². The minimum atomic E-state index is -0.975. The zero-order chi connectivity index (χ0) is 47.6. The van der Waals surface area contributed by atoms with Gasteiger partial charge in [0.1, 0.15) is 11.5 Å². The van der Waals surface area contributed by atoms with Crippen LogP contribution >= 0.6 is 46.4 Å². The standard InChI is InChI=1S/C50H54Cl4N6O8/c51-39-7-5-9-41(49(39)53)57-27-23-55(24-28-57)21-1-3-31-65-37-15-11-35-13-17-45(61)59(43(35)33-37)67-47(63)19-20-48(64)68-60-44-34-38(16-12-36(44)14-18-46(60)62)66-32-4-2-22-56-25-29-58(30-26-56)42-10-6-8-40(52)50(42)54/h5-12,15-16,19-20,33-34H,1-4,13-14,17-18,21-32H2/b20-19+. The molecule has 4 aromatic carbocycles. The molecule has 4 aromatic rings. The molecular weight excluding hydrogens is 954 g/mol. The fourth-order valence-electron chi connectivity index (χ4n) is 8.75. The van der Waals surface area contributed by atoms with E-state index in [0.29, 0.717) is 69.0 Å². The van der Waals surface area contributed by atoms with Crippen molar-refractivity contribution in [3.8, 4) is 11.5 Å². The molecule has 0 bridgehead atoms. The van der Waals surface area contributed by atoms with Crippen LogP contribution in [0.2, 0.25) is 20.1 Å². The Kier molecular flexibility index (Phi) is 16.9. The summed E-state index contributed by atoms with van der Waals surface area (Å²) in [6, 6.07) is 22.2. The van der Waals surface area contributed by atoms with Gasteiger partial charge >= 0.3 is 11.9 Å². The lowest BCUT2D eigenvalue weighted by molar-refractivity contribution is -0.147. The average molecular weight is 1010 g/mol. The van der Waals surface area contributed by atoms with E-state index in [4.69, 9.17) is 65.6 Å². The van der Waals surface area contributed by atoms with E-state index < -0.39 is 23.8 Å². The van der Waals surface area contributed by atoms with Crippen LogP contribution in [0, 0.1) is 0 Å². The predicted molar refractivity (Wildman–Crippen MR) is 266 cm³/mol. The van der Waals surface area contributed by atoms with Crippen LogP contribution in [0.1, 0.15) is 49.7 Å². The number of piperazine rings is 2. The second-order valence-corrected chi connectivity index (χ2v) is 18.6. The highest BCUT2D eigenvalue weighted by molar-refractivity contribution is 6.44. The highest BCUT2D eigenvalue weighted by Gasteiger charge is 2.30. The highest BCUT2D eigenvalue weighted by atomic mass is 35.5. The van der Waals surface area contributed by atoms with E-state index >= 15 is 0 Å². The number of rotatable bonds is 18. The van der Waals surface area contributed by atoms with Gasteiger partial charge in [0.15, 0.2) is 0 Å². The second-order valence-electron chi connectivity index (χ2n) is 17.0. The Hall–Kier alpha value is -5.22. The van der Waals surface area contributed by atoms with E-state index in [1.54, 1.807) is 24.3 Å². The quantitative estimate of drug-likeness (QED) is 0.0698. The molecule has 0 unspecified atom stereocenters. The van der Waals surface area contributed by atoms with Crippen molar-refractivity contribution in [3.05, 3.63) is 116 Å². The number of anilines is 4. The first-order chi connectivity index (χ1) is 33.0. The van der Waals surface area contributed by atoms with Gasteiger partial charge in [-0.1, -0.05) is 70.7 Å². The van der Waals surface area contributed by atoms with Crippen molar-refractivity contribution in [3.63, 3.8) is 0 Å². The largest absolute Gasteiger partial charge is 0.494 e. The van der Waals surface area contributed by atoms with Gasteiger partial charge in [0.05, 0.1) is 56.1 Å². The van der Waals surface area contributed by atoms with Gasteiger partial charge in [-0.25, -0.2) is 9.59 Å². The Morgan fingerprint density at radius 3 is 1.32 bits per heavy atom. The maximum atomic E-state index is 13.0. The first-order valence-corrected chi connectivity index (χ1v) is 24.6. The van der Waals surface area contributed by atoms with Gasteiger partial charge in [0.25, 0.3) is 11.8 Å². The molecule has 0 saturated carbocycles. The third-order valence-corrected chi connectivity index (χ3v) is 14.1. The normalized spacial score (nSPS) is 16.8. The molecule has 4 aliphatic heterocycles. The van der Waals surface area contributed by atoms with Gasteiger partial charge in [-0.2, -0.15) is 0 Å². The van der Waals surface area contributed by atoms with Gasteiger partial charge in [0, 0.05) is 89.5 Å². The fraction of sp³-hybridized carbons (Fsp3) is 0.400. The summed E-state index contributed by atoms with van der Waals surface area (Å²) in [6.45, 7) is 9.95. The lowest BCUT2D eigenvalue weighted by Gasteiger charge is -2.36. The van der Waals surface area contributed by atoms with Crippen molar-refractivity contribution in [2.45, 2.75) is 51.4 Å². The molecule has 4 heterocycles. The number of carbonyl (C=O) groups is 4. The molecule has 4 aliphatic rings. The van der Waals surface area contributed by atoms with Crippen LogP contribution < -0.4 is 29.4 Å². The van der Waals surface area contributed by atoms with Crippen molar-refractivity contribution in [2.24, 2.45) is 0 Å². The number of hydrogen-bond donors (Lipinski definition) is 0. The molecular formula is C50H54Cl4N6O8. The molecule has 0 spiro atoms. The number of hydrogen-bond acceptors (Lipinski definition) is 12. The minimum absolute atomic E-state index is 0.134. The Morgan fingerprint density at radius 1 is 0.500 bits per heavy atom. The summed E-state index contributed by atoms with van der Waals surface area (Å²) in [6.07, 6.45) is 6.47. The molecule has 2 saturated heterocycles. The number of ether oxygens (including phenoxy) is 2. The highest BCUT2D eigenvalue weighted by Crippen LogP contribution is 2.36. The Balaban J connectivity index is 0.759. The van der Waals surface area contributed by atoms with Crippen LogP contribution in [0.4, 0.5) is 22.7 Å². The molecule has 0 aliphatic carbocycles. The zero-order valence-electron chi connectivity index (χ0n) is 37.7. The Bertz CT molecular complexity index is 2330. The van der Waals surface area contributed by atoms with E-state index in [1.165, 1.54) is 0 Å². The third kappa shape index (κ3) is 12.5. The summed E-state index contributed by atoms with van der Waals surface area (Å²) in [7, 11) is 0. The van der Waals surface area contributed by atoms with Crippen LogP contribution in [0.3, 0.4) is 0 Å². The Morgan fingerprint density at radius 2 is 0.912 bits per heavy atom. The van der Waals surface area contributed by atoms with Crippen molar-refractivity contribution in [1.29, 1.82) is 0 Å². The third-order valence-electron chi connectivity index (χ3n) is 12.5. The van der Waals surface area contributed by atoms with Crippen molar-refractivity contribution in [2.75, 3.05) is 98.6 Å². The monoisotopic (exact) mass is 1010 g/mol. The first-order valence-electron chi connectivity index (χ1n) is 23.1. The van der Waals surface area contributed by atoms with E-state index in [2.05, 4.69) is 19.6 Å². The summed E-state index contributed by atoms with van der Waals surface area (Å²) >= 11 is 25.3. The topological polar surface area (TPSA) is 125 Å². The van der Waals surface area contributed by atoms with Crippen molar-refractivity contribution in [1.82, 2.24) is 9.80 Å². The number of fused-ring (bicyclic) bond motifs is 2. The van der Waals surface area contributed by atoms with Crippen LogP contribution in [0.15, 0.2) is 84.9 Å². The number of aryl methyl sites for hydroxylation is 2. The number of benzene rings is 4. The molecule has 8 rings (SSSR count). The number of nitrogens with zero attached hydrogens (tertiary/aromatic N) is 6. The molecule has 0 aromatic heterocycles.